The number of carbonyl (C=O) groups is 1. The lowest BCUT2D eigenvalue weighted by Crippen LogP contribution is -2.32. The smallest absolute Gasteiger partial charge is 0.226 e. The Kier molecular flexibility index (Phi) is 5.97. The highest BCUT2D eigenvalue weighted by Gasteiger charge is 2.15. The fourth-order valence-electron chi connectivity index (χ4n) is 3.01. The molecule has 3 aromatic rings. The average molecular weight is 347 g/mol. The first-order valence-corrected chi connectivity index (χ1v) is 8.95. The summed E-state index contributed by atoms with van der Waals surface area (Å²) in [5.74, 6) is 0.000361. The molecule has 0 radical (unpaired) electrons. The highest BCUT2D eigenvalue weighted by Crippen LogP contribution is 2.17. The lowest BCUT2D eigenvalue weighted by molar-refractivity contribution is -0.121. The molecule has 1 aromatic heterocycles. The minimum atomic E-state index is 0.000361. The second-order valence-corrected chi connectivity index (χ2v) is 6.79. The van der Waals surface area contributed by atoms with Crippen molar-refractivity contribution in [3.8, 4) is 0 Å². The number of pyridine rings is 1. The van der Waals surface area contributed by atoms with Gasteiger partial charge in [-0.05, 0) is 44.8 Å². The molecule has 3 rings (SSSR count). The van der Waals surface area contributed by atoms with Crippen LogP contribution >= 0.6 is 0 Å². The lowest BCUT2D eigenvalue weighted by Gasteiger charge is -2.21. The van der Waals surface area contributed by atoms with E-state index in [1.54, 1.807) is 0 Å². The molecule has 1 atom stereocenters. The van der Waals surface area contributed by atoms with Gasteiger partial charge in [0.2, 0.25) is 5.91 Å². The summed E-state index contributed by atoms with van der Waals surface area (Å²) in [6.45, 7) is 0.911. The van der Waals surface area contributed by atoms with Crippen molar-refractivity contribution in [2.45, 2.75) is 18.9 Å². The number of para-hydroxylation sites is 1. The van der Waals surface area contributed by atoms with Gasteiger partial charge in [-0.1, -0.05) is 54.6 Å². The number of carbonyl (C=O) groups excluding carboxylic acids is 1. The molecule has 1 amide bonds. The van der Waals surface area contributed by atoms with E-state index in [0.717, 1.165) is 35.1 Å². The Labute approximate surface area is 154 Å². The summed E-state index contributed by atoms with van der Waals surface area (Å²) in [7, 11) is 4.09. The van der Waals surface area contributed by atoms with Crippen molar-refractivity contribution in [1.82, 2.24) is 15.2 Å². The molecule has 134 valence electrons. The second kappa shape index (κ2) is 8.59. The third kappa shape index (κ3) is 4.90. The summed E-state index contributed by atoms with van der Waals surface area (Å²) >= 11 is 0. The van der Waals surface area contributed by atoms with Crippen molar-refractivity contribution < 1.29 is 4.79 Å². The minimum absolute atomic E-state index is 0.000361. The number of hydrogen-bond donors (Lipinski definition) is 1. The Morgan fingerprint density at radius 3 is 2.50 bits per heavy atom. The Morgan fingerprint density at radius 2 is 1.73 bits per heavy atom. The zero-order valence-corrected chi connectivity index (χ0v) is 15.4. The van der Waals surface area contributed by atoms with E-state index in [9.17, 15) is 4.79 Å². The summed E-state index contributed by atoms with van der Waals surface area (Å²) < 4.78 is 0. The van der Waals surface area contributed by atoms with Gasteiger partial charge in [-0.2, -0.15) is 0 Å². The Hall–Kier alpha value is -2.72. The molecule has 0 fully saturated rings. The van der Waals surface area contributed by atoms with E-state index in [-0.39, 0.29) is 18.4 Å². The van der Waals surface area contributed by atoms with E-state index in [4.69, 9.17) is 0 Å². The number of amides is 1. The van der Waals surface area contributed by atoms with Crippen LogP contribution in [0.4, 0.5) is 0 Å². The van der Waals surface area contributed by atoms with Crippen molar-refractivity contribution >= 4 is 16.8 Å². The maximum absolute atomic E-state index is 12.6. The van der Waals surface area contributed by atoms with Gasteiger partial charge in [0.25, 0.3) is 0 Å². The zero-order valence-electron chi connectivity index (χ0n) is 15.4. The predicted molar refractivity (Wildman–Crippen MR) is 106 cm³/mol. The van der Waals surface area contributed by atoms with Gasteiger partial charge >= 0.3 is 0 Å². The Morgan fingerprint density at radius 1 is 1.00 bits per heavy atom. The molecule has 1 N–H and O–H groups in total. The largest absolute Gasteiger partial charge is 0.349 e. The molecule has 4 heteroatoms. The van der Waals surface area contributed by atoms with E-state index >= 15 is 0 Å². The quantitative estimate of drug-likeness (QED) is 0.710. The van der Waals surface area contributed by atoms with Gasteiger partial charge in [-0.3, -0.25) is 9.78 Å². The molecule has 0 saturated carbocycles. The maximum atomic E-state index is 12.6. The monoisotopic (exact) mass is 347 g/mol. The maximum Gasteiger partial charge on any atom is 0.226 e. The molecular weight excluding hydrogens is 322 g/mol. The van der Waals surface area contributed by atoms with Gasteiger partial charge in [0.05, 0.1) is 23.7 Å². The van der Waals surface area contributed by atoms with Gasteiger partial charge < -0.3 is 10.2 Å². The molecule has 0 bridgehead atoms. The van der Waals surface area contributed by atoms with Crippen molar-refractivity contribution in [1.29, 1.82) is 0 Å². The standard InChI is InChI=1S/C22H25N3O/c1-25(2)15-14-21(17-8-4-3-5-9-17)24-22(26)16-19-13-12-18-10-6-7-11-20(18)23-19/h3-13,21H,14-16H2,1-2H3,(H,24,26). The number of aromatic nitrogens is 1. The molecule has 0 saturated heterocycles. The molecule has 0 spiro atoms. The normalized spacial score (nSPS) is 12.3. The molecule has 1 heterocycles. The first kappa shape index (κ1) is 18.1. The van der Waals surface area contributed by atoms with Crippen LogP contribution in [-0.4, -0.2) is 36.4 Å². The zero-order chi connectivity index (χ0) is 18.4. The molecular formula is C22H25N3O. The van der Waals surface area contributed by atoms with Crippen LogP contribution < -0.4 is 5.32 Å². The highest BCUT2D eigenvalue weighted by molar-refractivity contribution is 5.81. The van der Waals surface area contributed by atoms with Crippen LogP contribution in [0.25, 0.3) is 10.9 Å². The third-order valence-electron chi connectivity index (χ3n) is 4.40. The number of nitrogens with one attached hydrogen (secondary N) is 1. The molecule has 0 aliphatic heterocycles. The molecule has 1 unspecified atom stereocenters. The van der Waals surface area contributed by atoms with Crippen molar-refractivity contribution in [2.75, 3.05) is 20.6 Å². The number of benzene rings is 2. The van der Waals surface area contributed by atoms with Gasteiger partial charge in [0.1, 0.15) is 0 Å². The van der Waals surface area contributed by atoms with Crippen LogP contribution in [0.15, 0.2) is 66.7 Å². The first-order chi connectivity index (χ1) is 12.6. The summed E-state index contributed by atoms with van der Waals surface area (Å²) in [6, 6.07) is 22.1. The summed E-state index contributed by atoms with van der Waals surface area (Å²) in [5.41, 5.74) is 2.85. The van der Waals surface area contributed by atoms with E-state index in [1.807, 2.05) is 68.7 Å². The van der Waals surface area contributed by atoms with E-state index < -0.39 is 0 Å². The molecule has 4 nitrogen and oxygen atoms in total. The molecule has 0 aliphatic rings. The number of fused-ring (bicyclic) bond motifs is 1. The van der Waals surface area contributed by atoms with Crippen LogP contribution in [0.3, 0.4) is 0 Å². The topological polar surface area (TPSA) is 45.2 Å². The third-order valence-corrected chi connectivity index (χ3v) is 4.40. The van der Waals surface area contributed by atoms with Gasteiger partial charge in [0.15, 0.2) is 0 Å². The van der Waals surface area contributed by atoms with Crippen LogP contribution in [0.2, 0.25) is 0 Å². The van der Waals surface area contributed by atoms with Crippen molar-refractivity contribution in [3.63, 3.8) is 0 Å². The van der Waals surface area contributed by atoms with Gasteiger partial charge in [-0.15, -0.1) is 0 Å². The van der Waals surface area contributed by atoms with Crippen LogP contribution in [-0.2, 0) is 11.2 Å². The summed E-state index contributed by atoms with van der Waals surface area (Å²) in [6.07, 6.45) is 1.16. The minimum Gasteiger partial charge on any atom is -0.349 e. The second-order valence-electron chi connectivity index (χ2n) is 6.79. The van der Waals surface area contributed by atoms with E-state index in [2.05, 4.69) is 27.3 Å². The fourth-order valence-corrected chi connectivity index (χ4v) is 3.01. The fraction of sp³-hybridized carbons (Fsp3) is 0.273. The molecule has 26 heavy (non-hydrogen) atoms. The number of rotatable bonds is 7. The van der Waals surface area contributed by atoms with Crippen LogP contribution in [0.1, 0.15) is 23.7 Å². The number of nitrogens with zero attached hydrogens (tertiary/aromatic N) is 2. The SMILES string of the molecule is CN(C)CCC(NC(=O)Cc1ccc2ccccc2n1)c1ccccc1. The van der Waals surface area contributed by atoms with Crippen molar-refractivity contribution in [2.24, 2.45) is 0 Å². The van der Waals surface area contributed by atoms with Gasteiger partial charge in [-0.25, -0.2) is 0 Å². The predicted octanol–water partition coefficient (Wildman–Crippen LogP) is 3.59. The summed E-state index contributed by atoms with van der Waals surface area (Å²) in [4.78, 5) is 19.3. The first-order valence-electron chi connectivity index (χ1n) is 8.95. The van der Waals surface area contributed by atoms with Gasteiger partial charge in [0, 0.05) is 5.39 Å². The molecule has 0 aliphatic carbocycles. The van der Waals surface area contributed by atoms with Crippen LogP contribution in [0, 0.1) is 0 Å². The van der Waals surface area contributed by atoms with Crippen LogP contribution in [0.5, 0.6) is 0 Å². The average Bonchev–Trinajstić information content (AvgIpc) is 2.65. The highest BCUT2D eigenvalue weighted by atomic mass is 16.1. The Balaban J connectivity index is 1.70. The van der Waals surface area contributed by atoms with Crippen molar-refractivity contribution in [3.05, 3.63) is 78.0 Å². The Bertz CT molecular complexity index is 861. The number of hydrogen-bond acceptors (Lipinski definition) is 3. The van der Waals surface area contributed by atoms with E-state index in [0.29, 0.717) is 0 Å². The van der Waals surface area contributed by atoms with E-state index in [1.165, 1.54) is 0 Å². The summed E-state index contributed by atoms with van der Waals surface area (Å²) in [5, 5.41) is 4.27. The molecule has 2 aromatic carbocycles. The lowest BCUT2D eigenvalue weighted by atomic mass is 10.0.